The maximum atomic E-state index is 6.22. The molecule has 9 rings (SSSR count). The molecule has 0 N–H and O–H groups in total. The summed E-state index contributed by atoms with van der Waals surface area (Å²) >= 11 is 3.77. The number of fused-ring (bicyclic) bond motifs is 6. The Hall–Kier alpha value is -5.59. The summed E-state index contributed by atoms with van der Waals surface area (Å²) in [6, 6.07) is 45.9. The van der Waals surface area contributed by atoms with Crippen molar-refractivity contribution in [1.82, 2.24) is 19.5 Å². The highest BCUT2D eigenvalue weighted by atomic mass is 79.9. The Kier molecular flexibility index (Phi) is 6.11. The van der Waals surface area contributed by atoms with E-state index < -0.39 is 0 Å². The van der Waals surface area contributed by atoms with Crippen LogP contribution in [-0.2, 0) is 0 Å². The van der Waals surface area contributed by atoms with Crippen LogP contribution in [0.5, 0.6) is 0 Å². The summed E-state index contributed by atoms with van der Waals surface area (Å²) in [4.78, 5) is 15.0. The molecule has 3 heterocycles. The summed E-state index contributed by atoms with van der Waals surface area (Å²) in [6.45, 7) is 2.08. The minimum absolute atomic E-state index is 0.582. The van der Waals surface area contributed by atoms with Crippen molar-refractivity contribution in [3.63, 3.8) is 0 Å². The first kappa shape index (κ1) is 26.8. The number of nitrogens with zero attached hydrogens (tertiary/aromatic N) is 4. The van der Waals surface area contributed by atoms with Gasteiger partial charge in [0.1, 0.15) is 11.2 Å². The van der Waals surface area contributed by atoms with Crippen LogP contribution < -0.4 is 0 Å². The van der Waals surface area contributed by atoms with Gasteiger partial charge < -0.3 is 4.42 Å². The lowest BCUT2D eigenvalue weighted by atomic mass is 10.0. The first-order chi connectivity index (χ1) is 22.6. The summed E-state index contributed by atoms with van der Waals surface area (Å²) < 4.78 is 9.41. The van der Waals surface area contributed by atoms with Crippen LogP contribution in [0.3, 0.4) is 0 Å². The number of hydrogen-bond donors (Lipinski definition) is 0. The molecule has 0 aliphatic rings. The predicted molar refractivity (Wildman–Crippen MR) is 190 cm³/mol. The summed E-state index contributed by atoms with van der Waals surface area (Å²) in [5.41, 5.74) is 9.12. The third-order valence-electron chi connectivity index (χ3n) is 8.56. The fraction of sp³-hybridized carbons (Fsp3) is 0.0250. The summed E-state index contributed by atoms with van der Waals surface area (Å²) in [5, 5.41) is 4.45. The number of halogens is 1. The zero-order valence-corrected chi connectivity index (χ0v) is 26.4. The van der Waals surface area contributed by atoms with Gasteiger partial charge >= 0.3 is 0 Å². The van der Waals surface area contributed by atoms with Gasteiger partial charge in [0.05, 0.1) is 11.0 Å². The Morgan fingerprint density at radius 3 is 1.85 bits per heavy atom. The van der Waals surface area contributed by atoms with E-state index in [4.69, 9.17) is 19.4 Å². The summed E-state index contributed by atoms with van der Waals surface area (Å²) in [5.74, 6) is 1.85. The van der Waals surface area contributed by atoms with Crippen molar-refractivity contribution < 1.29 is 4.42 Å². The molecule has 3 aromatic heterocycles. The van der Waals surface area contributed by atoms with Gasteiger partial charge in [-0.2, -0.15) is 9.97 Å². The molecule has 0 fully saturated rings. The van der Waals surface area contributed by atoms with Crippen molar-refractivity contribution in [1.29, 1.82) is 0 Å². The molecule has 0 atom stereocenters. The Bertz CT molecular complexity index is 2550. The SMILES string of the molecule is Cc1cc(Br)c2c(c1)oc1ccc(-c3ccc4c(c3)c3ccccc3n4-c3nc(-c4ccccc4)nc(-c4ccccc4)n3)cc12. The number of benzene rings is 6. The van der Waals surface area contributed by atoms with Crippen LogP contribution in [0.4, 0.5) is 0 Å². The Labute approximate surface area is 272 Å². The predicted octanol–water partition coefficient (Wildman–Crippen LogP) is 10.9. The molecule has 0 radical (unpaired) electrons. The molecular formula is C40H25BrN4O. The normalized spacial score (nSPS) is 11.7. The first-order valence-electron chi connectivity index (χ1n) is 15.1. The lowest BCUT2D eigenvalue weighted by molar-refractivity contribution is 0.668. The van der Waals surface area contributed by atoms with E-state index in [0.29, 0.717) is 17.6 Å². The second kappa shape index (κ2) is 10.5. The fourth-order valence-electron chi connectivity index (χ4n) is 6.43. The molecule has 0 saturated carbocycles. The van der Waals surface area contributed by atoms with Crippen molar-refractivity contribution in [3.8, 4) is 39.9 Å². The second-order valence-corrected chi connectivity index (χ2v) is 12.4. The number of aromatic nitrogens is 4. The standard InChI is InChI=1S/C40H25BrN4O/c1-24-20-32(41)37-31-23-28(17-19-35(31)46-36(37)21-24)27-16-18-34-30(22-27)29-14-8-9-15-33(29)45(34)40-43-38(25-10-4-2-5-11-25)42-39(44-40)26-12-6-3-7-13-26/h2-23H,1H3. The van der Waals surface area contributed by atoms with Crippen molar-refractivity contribution in [3.05, 3.63) is 143 Å². The molecule has 0 bridgehead atoms. The van der Waals surface area contributed by atoms with Crippen LogP contribution in [0.1, 0.15) is 5.56 Å². The average molecular weight is 658 g/mol. The number of aryl methyl sites for hydroxylation is 1. The van der Waals surface area contributed by atoms with Crippen LogP contribution in [-0.4, -0.2) is 19.5 Å². The number of furan rings is 1. The van der Waals surface area contributed by atoms with Gasteiger partial charge in [-0.15, -0.1) is 0 Å². The second-order valence-electron chi connectivity index (χ2n) is 11.5. The molecule has 0 aliphatic carbocycles. The zero-order valence-electron chi connectivity index (χ0n) is 24.8. The van der Waals surface area contributed by atoms with Crippen molar-refractivity contribution in [2.45, 2.75) is 6.92 Å². The topological polar surface area (TPSA) is 56.7 Å². The van der Waals surface area contributed by atoms with Crippen LogP contribution in [0.25, 0.3) is 83.6 Å². The summed E-state index contributed by atoms with van der Waals surface area (Å²) in [7, 11) is 0. The molecule has 0 saturated heterocycles. The molecule has 9 aromatic rings. The van der Waals surface area contributed by atoms with Gasteiger partial charge in [0.2, 0.25) is 5.95 Å². The lowest BCUT2D eigenvalue weighted by Crippen LogP contribution is -2.06. The Morgan fingerprint density at radius 1 is 0.522 bits per heavy atom. The van der Waals surface area contributed by atoms with Gasteiger partial charge in [0, 0.05) is 37.1 Å². The maximum Gasteiger partial charge on any atom is 0.238 e. The molecule has 5 nitrogen and oxygen atoms in total. The fourth-order valence-corrected chi connectivity index (χ4v) is 7.20. The quantitative estimate of drug-likeness (QED) is 0.189. The Balaban J connectivity index is 1.26. The van der Waals surface area contributed by atoms with Gasteiger partial charge in [-0.3, -0.25) is 4.57 Å². The van der Waals surface area contributed by atoms with Gasteiger partial charge in [-0.25, -0.2) is 4.98 Å². The highest BCUT2D eigenvalue weighted by Gasteiger charge is 2.19. The van der Waals surface area contributed by atoms with Crippen LogP contribution >= 0.6 is 15.9 Å². The van der Waals surface area contributed by atoms with Gasteiger partial charge in [-0.1, -0.05) is 107 Å². The molecule has 0 unspecified atom stereocenters. The molecule has 0 spiro atoms. The molecule has 218 valence electrons. The lowest BCUT2D eigenvalue weighted by Gasteiger charge is -2.11. The van der Waals surface area contributed by atoms with Crippen molar-refractivity contribution >= 4 is 59.7 Å². The van der Waals surface area contributed by atoms with E-state index in [-0.39, 0.29) is 0 Å². The van der Waals surface area contributed by atoms with Crippen LogP contribution in [0, 0.1) is 6.92 Å². The van der Waals surface area contributed by atoms with E-state index in [9.17, 15) is 0 Å². The first-order valence-corrected chi connectivity index (χ1v) is 15.9. The van der Waals surface area contributed by atoms with Crippen molar-refractivity contribution in [2.24, 2.45) is 0 Å². The number of rotatable bonds is 4. The third kappa shape index (κ3) is 4.33. The Morgan fingerprint density at radius 2 is 1.13 bits per heavy atom. The number of hydrogen-bond acceptors (Lipinski definition) is 4. The smallest absolute Gasteiger partial charge is 0.238 e. The third-order valence-corrected chi connectivity index (χ3v) is 9.19. The number of para-hydroxylation sites is 1. The van der Waals surface area contributed by atoms with E-state index in [1.54, 1.807) is 0 Å². The molecule has 6 heteroatoms. The van der Waals surface area contributed by atoms with Gasteiger partial charge in [0.15, 0.2) is 11.6 Å². The molecular weight excluding hydrogens is 632 g/mol. The van der Waals surface area contributed by atoms with E-state index >= 15 is 0 Å². The molecule has 0 aliphatic heterocycles. The largest absolute Gasteiger partial charge is 0.456 e. The summed E-state index contributed by atoms with van der Waals surface area (Å²) in [6.07, 6.45) is 0. The highest BCUT2D eigenvalue weighted by molar-refractivity contribution is 9.10. The molecule has 6 aromatic carbocycles. The van der Waals surface area contributed by atoms with Crippen molar-refractivity contribution in [2.75, 3.05) is 0 Å². The van der Waals surface area contributed by atoms with E-state index in [0.717, 1.165) is 76.0 Å². The minimum atomic E-state index is 0.582. The van der Waals surface area contributed by atoms with E-state index in [1.807, 2.05) is 60.7 Å². The minimum Gasteiger partial charge on any atom is -0.456 e. The monoisotopic (exact) mass is 656 g/mol. The highest BCUT2D eigenvalue weighted by Crippen LogP contribution is 2.39. The van der Waals surface area contributed by atoms with E-state index in [1.165, 1.54) is 0 Å². The molecule has 46 heavy (non-hydrogen) atoms. The maximum absolute atomic E-state index is 6.22. The van der Waals surface area contributed by atoms with Crippen LogP contribution in [0.2, 0.25) is 0 Å². The van der Waals surface area contributed by atoms with Gasteiger partial charge in [0.25, 0.3) is 0 Å². The molecule has 0 amide bonds. The van der Waals surface area contributed by atoms with Crippen LogP contribution in [0.15, 0.2) is 142 Å². The average Bonchev–Trinajstić information content (AvgIpc) is 3.63. The zero-order chi connectivity index (χ0) is 30.8. The van der Waals surface area contributed by atoms with E-state index in [2.05, 4.69) is 100 Å². The van der Waals surface area contributed by atoms with Gasteiger partial charge in [-0.05, 0) is 66.1 Å².